The number of aromatic nitrogens is 1. The Hall–Kier alpha value is -1.95. The normalized spacial score (nSPS) is 12.1. The minimum absolute atomic E-state index is 0.298. The maximum absolute atomic E-state index is 13.2. The van der Waals surface area contributed by atoms with Crippen LogP contribution in [0.1, 0.15) is 12.5 Å². The van der Waals surface area contributed by atoms with E-state index in [9.17, 15) is 9.18 Å². The number of aliphatic carboxylic acids is 1. The molecule has 1 atom stereocenters. The maximum atomic E-state index is 13.2. The van der Waals surface area contributed by atoms with Gasteiger partial charge < -0.3 is 10.0 Å². The fraction of sp³-hybridized carbons (Fsp3) is 0.286. The first kappa shape index (κ1) is 14.5. The van der Waals surface area contributed by atoms with Gasteiger partial charge in [0, 0.05) is 24.7 Å². The summed E-state index contributed by atoms with van der Waals surface area (Å²) in [6.45, 7) is 2.41. The van der Waals surface area contributed by atoms with E-state index in [4.69, 9.17) is 5.11 Å². The van der Waals surface area contributed by atoms with E-state index in [2.05, 4.69) is 4.98 Å². The monoisotopic (exact) mass is 294 g/mol. The number of carboxylic acids is 1. The van der Waals surface area contributed by atoms with Crippen molar-refractivity contribution in [2.75, 3.05) is 11.4 Å². The minimum atomic E-state index is -0.856. The van der Waals surface area contributed by atoms with Crippen LogP contribution in [-0.2, 0) is 11.3 Å². The number of carbonyl (C=O) groups is 1. The molecule has 1 heterocycles. The van der Waals surface area contributed by atoms with Gasteiger partial charge in [-0.1, -0.05) is 19.1 Å². The van der Waals surface area contributed by atoms with Crippen molar-refractivity contribution in [2.24, 2.45) is 5.92 Å². The summed E-state index contributed by atoms with van der Waals surface area (Å²) in [5.41, 5.74) is 0.790. The van der Waals surface area contributed by atoms with Gasteiger partial charge in [0.15, 0.2) is 5.13 Å². The molecule has 6 heteroatoms. The molecule has 0 saturated carbocycles. The molecular weight excluding hydrogens is 279 g/mol. The minimum Gasteiger partial charge on any atom is -0.481 e. The fourth-order valence-corrected chi connectivity index (χ4v) is 2.50. The van der Waals surface area contributed by atoms with Crippen LogP contribution in [0.4, 0.5) is 9.52 Å². The van der Waals surface area contributed by atoms with E-state index in [1.54, 1.807) is 19.2 Å². The summed E-state index contributed by atoms with van der Waals surface area (Å²) in [5.74, 6) is -1.67. The van der Waals surface area contributed by atoms with Gasteiger partial charge in [-0.25, -0.2) is 9.37 Å². The van der Waals surface area contributed by atoms with Gasteiger partial charge in [-0.3, -0.25) is 4.79 Å². The second kappa shape index (κ2) is 6.47. The Morgan fingerprint density at radius 1 is 1.55 bits per heavy atom. The van der Waals surface area contributed by atoms with Crippen molar-refractivity contribution >= 4 is 22.4 Å². The summed E-state index contributed by atoms with van der Waals surface area (Å²) in [6, 6.07) is 6.30. The van der Waals surface area contributed by atoms with Crippen LogP contribution in [0.2, 0.25) is 0 Å². The Balaban J connectivity index is 2.17. The van der Waals surface area contributed by atoms with Crippen LogP contribution in [-0.4, -0.2) is 22.6 Å². The molecule has 0 aliphatic heterocycles. The Labute approximate surface area is 120 Å². The van der Waals surface area contributed by atoms with Gasteiger partial charge in [-0.2, -0.15) is 0 Å². The van der Waals surface area contributed by atoms with Gasteiger partial charge in [0.05, 0.1) is 5.92 Å². The highest BCUT2D eigenvalue weighted by Crippen LogP contribution is 2.21. The quantitative estimate of drug-likeness (QED) is 0.890. The number of hydrogen-bond acceptors (Lipinski definition) is 4. The predicted octanol–water partition coefficient (Wildman–Crippen LogP) is 3.01. The number of carboxylic acid groups (broad SMARTS) is 1. The Bertz CT molecular complexity index is 574. The van der Waals surface area contributed by atoms with Gasteiger partial charge >= 0.3 is 5.97 Å². The van der Waals surface area contributed by atoms with E-state index in [1.807, 2.05) is 16.3 Å². The first-order chi connectivity index (χ1) is 9.56. The number of rotatable bonds is 6. The van der Waals surface area contributed by atoms with E-state index < -0.39 is 11.9 Å². The van der Waals surface area contributed by atoms with Gasteiger partial charge in [0.2, 0.25) is 0 Å². The van der Waals surface area contributed by atoms with Crippen molar-refractivity contribution in [3.05, 3.63) is 47.2 Å². The van der Waals surface area contributed by atoms with Crippen molar-refractivity contribution in [1.82, 2.24) is 4.98 Å². The largest absolute Gasteiger partial charge is 0.481 e. The molecule has 106 valence electrons. The molecule has 4 nitrogen and oxygen atoms in total. The molecule has 2 rings (SSSR count). The summed E-state index contributed by atoms with van der Waals surface area (Å²) < 4.78 is 13.2. The summed E-state index contributed by atoms with van der Waals surface area (Å²) in [4.78, 5) is 17.1. The molecule has 0 spiro atoms. The lowest BCUT2D eigenvalue weighted by Gasteiger charge is -2.24. The molecule has 0 aliphatic rings. The average molecular weight is 294 g/mol. The highest BCUT2D eigenvalue weighted by atomic mass is 32.1. The van der Waals surface area contributed by atoms with Gasteiger partial charge in [-0.05, 0) is 17.7 Å². The maximum Gasteiger partial charge on any atom is 0.308 e. The summed E-state index contributed by atoms with van der Waals surface area (Å²) in [7, 11) is 0. The number of hydrogen-bond donors (Lipinski definition) is 1. The molecule has 0 radical (unpaired) electrons. The molecule has 1 N–H and O–H groups in total. The van der Waals surface area contributed by atoms with Gasteiger partial charge in [-0.15, -0.1) is 11.3 Å². The number of thiazole rings is 1. The van der Waals surface area contributed by atoms with E-state index in [-0.39, 0.29) is 5.82 Å². The van der Waals surface area contributed by atoms with Crippen LogP contribution < -0.4 is 4.90 Å². The zero-order valence-electron chi connectivity index (χ0n) is 11.0. The van der Waals surface area contributed by atoms with Crippen LogP contribution >= 0.6 is 11.3 Å². The van der Waals surface area contributed by atoms with E-state index >= 15 is 0 Å². The van der Waals surface area contributed by atoms with Gasteiger partial charge in [0.1, 0.15) is 5.82 Å². The fourth-order valence-electron chi connectivity index (χ4n) is 1.85. The molecule has 1 unspecified atom stereocenters. The Morgan fingerprint density at radius 3 is 2.95 bits per heavy atom. The first-order valence-corrected chi connectivity index (χ1v) is 7.06. The SMILES string of the molecule is CC(CN(Cc1cccc(F)c1)c1nccs1)C(=O)O. The van der Waals surface area contributed by atoms with Crippen molar-refractivity contribution < 1.29 is 14.3 Å². The lowest BCUT2D eigenvalue weighted by molar-refractivity contribution is -0.140. The molecule has 0 saturated heterocycles. The van der Waals surface area contributed by atoms with Crippen LogP contribution in [0.5, 0.6) is 0 Å². The molecule has 0 aliphatic carbocycles. The van der Waals surface area contributed by atoms with Crippen molar-refractivity contribution in [1.29, 1.82) is 0 Å². The standard InChI is InChI=1S/C14H15FN2O2S/c1-10(13(18)19)8-17(14-16-5-6-20-14)9-11-3-2-4-12(15)7-11/h2-7,10H,8-9H2,1H3,(H,18,19). The van der Waals surface area contributed by atoms with E-state index in [0.29, 0.717) is 13.1 Å². The number of anilines is 1. The average Bonchev–Trinajstić information content (AvgIpc) is 2.91. The molecule has 1 aromatic carbocycles. The number of nitrogens with zero attached hydrogens (tertiary/aromatic N) is 2. The third kappa shape index (κ3) is 3.77. The highest BCUT2D eigenvalue weighted by Gasteiger charge is 2.18. The lowest BCUT2D eigenvalue weighted by Crippen LogP contribution is -2.31. The molecule has 0 bridgehead atoms. The van der Waals surface area contributed by atoms with Crippen LogP contribution in [0, 0.1) is 11.7 Å². The zero-order chi connectivity index (χ0) is 14.5. The molecule has 0 amide bonds. The molecular formula is C14H15FN2O2S. The van der Waals surface area contributed by atoms with Crippen LogP contribution in [0.3, 0.4) is 0 Å². The molecule has 1 aromatic heterocycles. The lowest BCUT2D eigenvalue weighted by atomic mass is 10.1. The third-order valence-corrected chi connectivity index (χ3v) is 3.70. The predicted molar refractivity (Wildman–Crippen MR) is 76.4 cm³/mol. The highest BCUT2D eigenvalue weighted by molar-refractivity contribution is 7.13. The summed E-state index contributed by atoms with van der Waals surface area (Å²) >= 11 is 1.44. The zero-order valence-corrected chi connectivity index (χ0v) is 11.8. The van der Waals surface area contributed by atoms with Gasteiger partial charge in [0.25, 0.3) is 0 Å². The smallest absolute Gasteiger partial charge is 0.308 e. The number of benzene rings is 1. The summed E-state index contributed by atoms with van der Waals surface area (Å²) in [5, 5.41) is 11.6. The first-order valence-electron chi connectivity index (χ1n) is 6.18. The Kier molecular flexibility index (Phi) is 4.68. The van der Waals surface area contributed by atoms with Crippen LogP contribution in [0.15, 0.2) is 35.8 Å². The molecule has 0 fully saturated rings. The molecule has 20 heavy (non-hydrogen) atoms. The van der Waals surface area contributed by atoms with E-state index in [0.717, 1.165) is 10.7 Å². The van der Waals surface area contributed by atoms with Crippen molar-refractivity contribution in [2.45, 2.75) is 13.5 Å². The van der Waals surface area contributed by atoms with Crippen LogP contribution in [0.25, 0.3) is 0 Å². The Morgan fingerprint density at radius 2 is 2.35 bits per heavy atom. The van der Waals surface area contributed by atoms with E-state index in [1.165, 1.54) is 23.5 Å². The molecule has 2 aromatic rings. The second-order valence-corrected chi connectivity index (χ2v) is 5.44. The topological polar surface area (TPSA) is 53.4 Å². The third-order valence-electron chi connectivity index (χ3n) is 2.87. The number of halogens is 1. The second-order valence-electron chi connectivity index (χ2n) is 4.56. The van der Waals surface area contributed by atoms with Crippen molar-refractivity contribution in [3.63, 3.8) is 0 Å². The van der Waals surface area contributed by atoms with Crippen molar-refractivity contribution in [3.8, 4) is 0 Å². The summed E-state index contributed by atoms with van der Waals surface area (Å²) in [6.07, 6.45) is 1.67.